The number of benzene rings is 6. The molecule has 0 N–H and O–H groups in total. The minimum atomic E-state index is 0.114. The maximum absolute atomic E-state index is 6.94. The number of aromatic nitrogens is 2. The van der Waals surface area contributed by atoms with Gasteiger partial charge in [0, 0.05) is 49.2 Å². The van der Waals surface area contributed by atoms with E-state index in [2.05, 4.69) is 109 Å². The first-order valence-electron chi connectivity index (χ1n) is 19.7. The Labute approximate surface area is 312 Å². The first-order valence-corrected chi connectivity index (χ1v) is 19.7. The number of furan rings is 2. The lowest BCUT2D eigenvalue weighted by Gasteiger charge is -2.61. The van der Waals surface area contributed by atoms with Gasteiger partial charge < -0.3 is 8.83 Å². The van der Waals surface area contributed by atoms with E-state index in [-0.39, 0.29) is 5.41 Å². The summed E-state index contributed by atoms with van der Waals surface area (Å²) in [5, 5.41) is 4.42. The predicted octanol–water partition coefficient (Wildman–Crippen LogP) is 13.0. The van der Waals surface area contributed by atoms with Crippen LogP contribution in [0.2, 0.25) is 0 Å². The highest BCUT2D eigenvalue weighted by molar-refractivity contribution is 6.13. The zero-order valence-corrected chi connectivity index (χ0v) is 29.8. The lowest BCUT2D eigenvalue weighted by molar-refractivity contribution is -0.0399. The standard InChI is InChI=1S/C50H36N2O2/c1-2-9-30(10-3-1)41-27-42(36-13-8-16-45-46(36)37-12-5-7-15-43(37)53-45)52-49(51-41)31-17-20-44-38(26-31)34-18-19-40-47(48(34)54-44)35-11-4-6-14-39(35)50(40)32-22-28-21-29(24-32)25-33(50)23-28/h1-20,26-29,32-33H,21-25H2. The Morgan fingerprint density at radius 1 is 0.481 bits per heavy atom. The monoisotopic (exact) mass is 696 g/mol. The molecule has 4 saturated carbocycles. The molecule has 4 bridgehead atoms. The number of para-hydroxylation sites is 1. The zero-order valence-electron chi connectivity index (χ0n) is 29.8. The highest BCUT2D eigenvalue weighted by Crippen LogP contribution is 2.70. The quantitative estimate of drug-likeness (QED) is 0.184. The van der Waals surface area contributed by atoms with Gasteiger partial charge in [-0.2, -0.15) is 0 Å². The van der Waals surface area contributed by atoms with E-state index in [0.29, 0.717) is 5.82 Å². The van der Waals surface area contributed by atoms with E-state index in [9.17, 15) is 0 Å². The van der Waals surface area contributed by atoms with Gasteiger partial charge in [-0.25, -0.2) is 9.97 Å². The SMILES string of the molecule is c1ccc(-c2cc(-c3cccc4oc5ccccc5c34)nc(-c3ccc4oc5c6c(ccc5c4c3)C3(c4ccccc4-6)C4CC5CC(C4)CC3C5)n2)cc1. The topological polar surface area (TPSA) is 52.1 Å². The smallest absolute Gasteiger partial charge is 0.160 e. The number of hydrogen-bond acceptors (Lipinski definition) is 4. The van der Waals surface area contributed by atoms with Gasteiger partial charge in [0.2, 0.25) is 0 Å². The van der Waals surface area contributed by atoms with Crippen molar-refractivity contribution in [1.82, 2.24) is 9.97 Å². The van der Waals surface area contributed by atoms with E-state index in [4.69, 9.17) is 18.8 Å². The van der Waals surface area contributed by atoms with Crippen LogP contribution in [-0.2, 0) is 5.41 Å². The molecule has 0 saturated heterocycles. The van der Waals surface area contributed by atoms with E-state index in [1.165, 1.54) is 48.8 Å². The van der Waals surface area contributed by atoms with Crippen LogP contribution in [0.5, 0.6) is 0 Å². The van der Waals surface area contributed by atoms with Gasteiger partial charge in [0.25, 0.3) is 0 Å². The maximum Gasteiger partial charge on any atom is 0.160 e. The average Bonchev–Trinajstić information content (AvgIpc) is 3.88. The van der Waals surface area contributed by atoms with Gasteiger partial charge in [0.1, 0.15) is 22.3 Å². The molecule has 1 spiro atoms. The molecule has 4 nitrogen and oxygen atoms in total. The molecule has 258 valence electrons. The zero-order chi connectivity index (χ0) is 35.1. The second-order valence-electron chi connectivity index (χ2n) is 16.5. The third-order valence-corrected chi connectivity index (χ3v) is 13.9. The highest BCUT2D eigenvalue weighted by Gasteiger charge is 2.61. The molecule has 0 radical (unpaired) electrons. The van der Waals surface area contributed by atoms with Crippen molar-refractivity contribution < 1.29 is 8.83 Å². The Balaban J connectivity index is 1.01. The molecule has 0 unspecified atom stereocenters. The van der Waals surface area contributed by atoms with Gasteiger partial charge in [-0.1, -0.05) is 97.1 Å². The van der Waals surface area contributed by atoms with E-state index in [1.807, 2.05) is 24.3 Å². The van der Waals surface area contributed by atoms with Crippen molar-refractivity contribution in [3.8, 4) is 45.0 Å². The molecule has 14 rings (SSSR count). The summed E-state index contributed by atoms with van der Waals surface area (Å²) in [6, 6.07) is 47.6. The second-order valence-corrected chi connectivity index (χ2v) is 16.5. The minimum Gasteiger partial charge on any atom is -0.456 e. The van der Waals surface area contributed by atoms with Crippen LogP contribution in [0, 0.1) is 23.7 Å². The van der Waals surface area contributed by atoms with Crippen LogP contribution in [0.25, 0.3) is 88.9 Å². The van der Waals surface area contributed by atoms with Crippen molar-refractivity contribution in [3.63, 3.8) is 0 Å². The molecule has 3 aromatic heterocycles. The van der Waals surface area contributed by atoms with Crippen molar-refractivity contribution in [2.24, 2.45) is 23.7 Å². The summed E-state index contributed by atoms with van der Waals surface area (Å²) in [5.41, 5.74) is 14.4. The largest absolute Gasteiger partial charge is 0.456 e. The summed E-state index contributed by atoms with van der Waals surface area (Å²) in [5.74, 6) is 3.96. The van der Waals surface area contributed by atoms with Crippen molar-refractivity contribution in [2.75, 3.05) is 0 Å². The van der Waals surface area contributed by atoms with Crippen molar-refractivity contribution >= 4 is 43.9 Å². The van der Waals surface area contributed by atoms with E-state index in [1.54, 1.807) is 5.56 Å². The Morgan fingerprint density at radius 2 is 1.20 bits per heavy atom. The van der Waals surface area contributed by atoms with Crippen molar-refractivity contribution in [3.05, 3.63) is 145 Å². The van der Waals surface area contributed by atoms with Gasteiger partial charge in [0.15, 0.2) is 5.82 Å². The molecule has 54 heavy (non-hydrogen) atoms. The molecule has 0 amide bonds. The van der Waals surface area contributed by atoms with Gasteiger partial charge in [0.05, 0.1) is 11.4 Å². The van der Waals surface area contributed by atoms with Gasteiger partial charge in [-0.3, -0.25) is 0 Å². The molecular weight excluding hydrogens is 661 g/mol. The molecule has 5 aliphatic rings. The molecule has 5 aliphatic carbocycles. The maximum atomic E-state index is 6.94. The summed E-state index contributed by atoms with van der Waals surface area (Å²) in [4.78, 5) is 10.5. The lowest BCUT2D eigenvalue weighted by Crippen LogP contribution is -2.55. The number of fused-ring (bicyclic) bond motifs is 10. The first-order chi connectivity index (χ1) is 26.7. The predicted molar refractivity (Wildman–Crippen MR) is 216 cm³/mol. The van der Waals surface area contributed by atoms with Gasteiger partial charge in [-0.15, -0.1) is 0 Å². The average molecular weight is 697 g/mol. The van der Waals surface area contributed by atoms with E-state index in [0.717, 1.165) is 95.6 Å². The van der Waals surface area contributed by atoms with Gasteiger partial charge >= 0.3 is 0 Å². The van der Waals surface area contributed by atoms with Crippen LogP contribution in [0.15, 0.2) is 142 Å². The molecule has 3 heterocycles. The lowest BCUT2D eigenvalue weighted by atomic mass is 9.43. The summed E-state index contributed by atoms with van der Waals surface area (Å²) in [7, 11) is 0. The van der Waals surface area contributed by atoms with Crippen molar-refractivity contribution in [1.29, 1.82) is 0 Å². The Bertz CT molecular complexity index is 3000. The van der Waals surface area contributed by atoms with Crippen LogP contribution >= 0.6 is 0 Å². The van der Waals surface area contributed by atoms with Crippen LogP contribution in [0.4, 0.5) is 0 Å². The fraction of sp³-hybridized carbons (Fsp3) is 0.200. The normalized spacial score (nSPS) is 23.6. The number of hydrogen-bond donors (Lipinski definition) is 0. The number of nitrogens with zero attached hydrogens (tertiary/aromatic N) is 2. The highest BCUT2D eigenvalue weighted by atomic mass is 16.3. The number of rotatable bonds is 3. The van der Waals surface area contributed by atoms with E-state index >= 15 is 0 Å². The minimum absolute atomic E-state index is 0.114. The van der Waals surface area contributed by atoms with Crippen molar-refractivity contribution in [2.45, 2.75) is 37.5 Å². The Morgan fingerprint density at radius 3 is 2.07 bits per heavy atom. The summed E-state index contributed by atoms with van der Waals surface area (Å²) < 4.78 is 13.2. The Kier molecular flexibility index (Phi) is 5.77. The molecule has 9 aromatic rings. The molecular formula is C50H36N2O2. The summed E-state index contributed by atoms with van der Waals surface area (Å²) in [6.07, 6.45) is 6.95. The third kappa shape index (κ3) is 3.83. The third-order valence-electron chi connectivity index (χ3n) is 13.9. The van der Waals surface area contributed by atoms with Crippen LogP contribution in [-0.4, -0.2) is 9.97 Å². The molecule has 0 atom stereocenters. The van der Waals surface area contributed by atoms with Gasteiger partial charge in [-0.05, 0) is 109 Å². The fourth-order valence-electron chi connectivity index (χ4n) is 12.1. The summed E-state index contributed by atoms with van der Waals surface area (Å²) >= 11 is 0. The molecule has 0 aliphatic heterocycles. The molecule has 4 heteroatoms. The van der Waals surface area contributed by atoms with E-state index < -0.39 is 0 Å². The molecule has 4 fully saturated rings. The fourth-order valence-corrected chi connectivity index (χ4v) is 12.1. The van der Waals surface area contributed by atoms with Crippen LogP contribution in [0.3, 0.4) is 0 Å². The first kappa shape index (κ1) is 29.5. The van der Waals surface area contributed by atoms with Crippen LogP contribution in [0.1, 0.15) is 43.2 Å². The van der Waals surface area contributed by atoms with Crippen LogP contribution < -0.4 is 0 Å². The Hall–Kier alpha value is -6.00. The second kappa shape index (κ2) is 10.6. The molecule has 6 aromatic carbocycles. The summed E-state index contributed by atoms with van der Waals surface area (Å²) in [6.45, 7) is 0.